The summed E-state index contributed by atoms with van der Waals surface area (Å²) >= 11 is 6.38. The first kappa shape index (κ1) is 30.3. The van der Waals surface area contributed by atoms with E-state index in [1.54, 1.807) is 30.3 Å². The molecule has 1 saturated carbocycles. The number of urea groups is 1. The van der Waals surface area contributed by atoms with Crippen LogP contribution in [0.1, 0.15) is 29.5 Å². The van der Waals surface area contributed by atoms with Crippen molar-refractivity contribution in [3.63, 3.8) is 0 Å². The zero-order chi connectivity index (χ0) is 30.0. The number of carbonyl (C=O) groups is 1. The minimum Gasteiger partial charge on any atom is -0.495 e. The van der Waals surface area contributed by atoms with Gasteiger partial charge in [0.2, 0.25) is 0 Å². The Kier molecular flexibility index (Phi) is 8.62. The summed E-state index contributed by atoms with van der Waals surface area (Å²) in [6, 6.07) is 13.2. The maximum atomic E-state index is 14.9. The smallest absolute Gasteiger partial charge is 0.461 e. The average molecular weight is 605 g/mol. The summed E-state index contributed by atoms with van der Waals surface area (Å²) in [5.74, 6) is -4.78. The van der Waals surface area contributed by atoms with Crippen molar-refractivity contribution in [2.45, 2.75) is 49.3 Å². The monoisotopic (exact) mass is 604 g/mol. The first-order valence-corrected chi connectivity index (χ1v) is 12.6. The van der Waals surface area contributed by atoms with Gasteiger partial charge in [-0.1, -0.05) is 48.0 Å². The third-order valence-corrected chi connectivity index (χ3v) is 6.88. The number of carbonyl (C=O) groups excluding carboxylic acids is 1. The summed E-state index contributed by atoms with van der Waals surface area (Å²) in [6.45, 7) is 0. The van der Waals surface area contributed by atoms with Crippen LogP contribution in [-0.4, -0.2) is 37.6 Å². The Balaban J connectivity index is 1.88. The van der Waals surface area contributed by atoms with E-state index in [4.69, 9.17) is 16.3 Å². The predicted octanol–water partition coefficient (Wildman–Crippen LogP) is 7.31. The van der Waals surface area contributed by atoms with E-state index in [1.807, 2.05) is 0 Å². The zero-order valence-electron chi connectivity index (χ0n) is 21.4. The highest BCUT2D eigenvalue weighted by Gasteiger charge is 2.47. The van der Waals surface area contributed by atoms with Crippen LogP contribution in [0.5, 0.6) is 11.5 Å². The lowest BCUT2D eigenvalue weighted by Gasteiger charge is -2.39. The van der Waals surface area contributed by atoms with Gasteiger partial charge in [0.15, 0.2) is 0 Å². The number of nitrogens with one attached hydrogen (secondary N) is 2. The first-order valence-electron chi connectivity index (χ1n) is 12.2. The van der Waals surface area contributed by atoms with Crippen LogP contribution in [-0.2, 0) is 12.0 Å². The van der Waals surface area contributed by atoms with Gasteiger partial charge in [0.25, 0.3) is 5.92 Å². The number of methoxy groups -OCH3 is 1. The molecule has 1 aliphatic carbocycles. The molecule has 0 bridgehead atoms. The van der Waals surface area contributed by atoms with Crippen LogP contribution in [0.3, 0.4) is 0 Å². The predicted molar refractivity (Wildman–Crippen MR) is 137 cm³/mol. The molecule has 4 rings (SSSR count). The fraction of sp³-hybridized carbons (Fsp3) is 0.321. The Labute approximate surface area is 235 Å². The third kappa shape index (κ3) is 6.98. The Morgan fingerprint density at radius 3 is 2.32 bits per heavy atom. The second kappa shape index (κ2) is 11.7. The molecule has 1 fully saturated rings. The van der Waals surface area contributed by atoms with Crippen molar-refractivity contribution in [3.05, 3.63) is 94.3 Å². The van der Waals surface area contributed by atoms with Gasteiger partial charge in [0.05, 0.1) is 17.7 Å². The van der Waals surface area contributed by atoms with Gasteiger partial charge in [-0.3, -0.25) is 0 Å². The molecule has 0 heterocycles. The third-order valence-electron chi connectivity index (χ3n) is 6.58. The Hall–Kier alpha value is -3.67. The quantitative estimate of drug-likeness (QED) is 0.239. The summed E-state index contributed by atoms with van der Waals surface area (Å²) in [7, 11) is 1.36. The molecule has 41 heavy (non-hydrogen) atoms. The van der Waals surface area contributed by atoms with Gasteiger partial charge >= 0.3 is 18.6 Å². The fourth-order valence-electron chi connectivity index (χ4n) is 4.64. The number of hydrogen-bond donors (Lipinski definition) is 2. The van der Waals surface area contributed by atoms with E-state index in [0.29, 0.717) is 11.6 Å². The van der Waals surface area contributed by atoms with Crippen molar-refractivity contribution in [3.8, 4) is 11.5 Å². The van der Waals surface area contributed by atoms with Crippen molar-refractivity contribution in [1.29, 1.82) is 0 Å². The summed E-state index contributed by atoms with van der Waals surface area (Å²) in [4.78, 5) is 13.2. The second-order valence-electron chi connectivity index (χ2n) is 9.62. The summed E-state index contributed by atoms with van der Waals surface area (Å²) < 4.78 is 104. The second-order valence-corrected chi connectivity index (χ2v) is 10.0. The molecular weight excluding hydrogens is 581 g/mol. The van der Waals surface area contributed by atoms with Crippen LogP contribution in [0.15, 0.2) is 66.7 Å². The maximum absolute atomic E-state index is 14.9. The van der Waals surface area contributed by atoms with Crippen LogP contribution in [0.4, 0.5) is 35.5 Å². The van der Waals surface area contributed by atoms with Gasteiger partial charge in [-0.25, -0.2) is 18.0 Å². The van der Waals surface area contributed by atoms with Crippen molar-refractivity contribution in [1.82, 2.24) is 10.6 Å². The van der Waals surface area contributed by atoms with E-state index >= 15 is 0 Å². The molecule has 1 aliphatic rings. The molecule has 2 N–H and O–H groups in total. The van der Waals surface area contributed by atoms with Gasteiger partial charge in [-0.15, -0.1) is 0 Å². The number of hydrogen-bond acceptors (Lipinski definition) is 3. The maximum Gasteiger partial charge on any atom is 0.461 e. The molecule has 0 spiro atoms. The van der Waals surface area contributed by atoms with Crippen LogP contribution in [0.2, 0.25) is 5.02 Å². The summed E-state index contributed by atoms with van der Waals surface area (Å²) in [5.41, 5.74) is -1.22. The molecule has 3 aromatic carbocycles. The van der Waals surface area contributed by atoms with Crippen LogP contribution >= 0.6 is 11.6 Å². The highest BCUT2D eigenvalue weighted by Crippen LogP contribution is 2.41. The molecule has 0 aliphatic heterocycles. The van der Waals surface area contributed by atoms with Crippen molar-refractivity contribution in [2.24, 2.45) is 0 Å². The summed E-state index contributed by atoms with van der Waals surface area (Å²) in [6.07, 6.45) is -10.5. The molecule has 1 unspecified atom stereocenters. The lowest BCUT2D eigenvalue weighted by atomic mass is 9.77. The van der Waals surface area contributed by atoms with E-state index in [9.17, 15) is 35.5 Å². The number of ether oxygens (including phenoxy) is 2. The van der Waals surface area contributed by atoms with Crippen molar-refractivity contribution < 1.29 is 45.0 Å². The molecule has 1 atom stereocenters. The van der Waals surface area contributed by atoms with Gasteiger partial charge in [0.1, 0.15) is 17.3 Å². The van der Waals surface area contributed by atoms with Crippen molar-refractivity contribution in [2.75, 3.05) is 7.11 Å². The molecule has 3 aromatic rings. The molecule has 2 amide bonds. The van der Waals surface area contributed by atoms with Gasteiger partial charge < -0.3 is 20.1 Å². The highest BCUT2D eigenvalue weighted by molar-refractivity contribution is 6.32. The van der Waals surface area contributed by atoms with E-state index < -0.39 is 60.5 Å². The number of halogens is 8. The molecule has 220 valence electrons. The van der Waals surface area contributed by atoms with Gasteiger partial charge in [-0.05, 0) is 41.0 Å². The van der Waals surface area contributed by atoms with Gasteiger partial charge in [0, 0.05) is 31.4 Å². The molecule has 5 nitrogen and oxygen atoms in total. The average Bonchev–Trinajstić information content (AvgIpc) is 2.87. The molecule has 0 radical (unpaired) electrons. The van der Waals surface area contributed by atoms with Crippen LogP contribution < -0.4 is 20.1 Å². The number of benzene rings is 3. The van der Waals surface area contributed by atoms with Crippen LogP contribution in [0, 0.1) is 5.82 Å². The fourth-order valence-corrected chi connectivity index (χ4v) is 4.90. The van der Waals surface area contributed by atoms with E-state index in [1.165, 1.54) is 25.3 Å². The van der Waals surface area contributed by atoms with E-state index in [2.05, 4.69) is 15.4 Å². The largest absolute Gasteiger partial charge is 0.495 e. The first-order chi connectivity index (χ1) is 19.2. The molecule has 0 aromatic heterocycles. The minimum absolute atomic E-state index is 0.0698. The lowest BCUT2D eigenvalue weighted by Crippen LogP contribution is -2.58. The van der Waals surface area contributed by atoms with Crippen LogP contribution in [0.25, 0.3) is 0 Å². The zero-order valence-corrected chi connectivity index (χ0v) is 22.1. The molecule has 13 heteroatoms. The van der Waals surface area contributed by atoms with Gasteiger partial charge in [-0.2, -0.15) is 17.6 Å². The lowest BCUT2D eigenvalue weighted by molar-refractivity contribution is -0.253. The number of alkyl halides is 6. The molecular formula is C28H24ClF7N2O3. The standard InChI is InChI=1S/C28H24ClF7N2O3/c1-40-23-8-7-17(11-22(23)29)27(13-16-5-3-2-4-6-16,38-25(39)37-20-14-26(33,34)15-20)18-9-19(30)12-21(10-18)41-28(35,36)24(31)32/h2-12,20,24H,13-15H2,1H3,(H2,37,38,39). The Bertz CT molecular complexity index is 1390. The van der Waals surface area contributed by atoms with E-state index in [0.717, 1.165) is 12.1 Å². The normalized spacial score (nSPS) is 16.4. The topological polar surface area (TPSA) is 59.6 Å². The van der Waals surface area contributed by atoms with E-state index in [-0.39, 0.29) is 28.3 Å². The Morgan fingerprint density at radius 1 is 1.05 bits per heavy atom. The van der Waals surface area contributed by atoms with Crippen molar-refractivity contribution >= 4 is 17.6 Å². The number of amides is 2. The Morgan fingerprint density at radius 2 is 1.73 bits per heavy atom. The number of rotatable bonds is 10. The molecule has 0 saturated heterocycles. The SMILES string of the molecule is COc1ccc(C(Cc2ccccc2)(NC(=O)NC2CC(F)(F)C2)c2cc(F)cc(OC(F)(F)C(F)F)c2)cc1Cl. The highest BCUT2D eigenvalue weighted by atomic mass is 35.5. The minimum atomic E-state index is -4.95. The summed E-state index contributed by atoms with van der Waals surface area (Å²) in [5, 5.41) is 5.20.